The van der Waals surface area contributed by atoms with Crippen LogP contribution in [0.2, 0.25) is 0 Å². The first-order valence-electron chi connectivity index (χ1n) is 5.27. The molecule has 1 aromatic rings. The van der Waals surface area contributed by atoms with E-state index in [-0.39, 0.29) is 0 Å². The summed E-state index contributed by atoms with van der Waals surface area (Å²) in [5.74, 6) is 1.30. The summed E-state index contributed by atoms with van der Waals surface area (Å²) in [6.45, 7) is 6.19. The minimum Gasteiger partial charge on any atom is -0.496 e. The van der Waals surface area contributed by atoms with E-state index in [1.165, 1.54) is 0 Å². The van der Waals surface area contributed by atoms with Crippen LogP contribution in [0.15, 0.2) is 12.1 Å². The summed E-state index contributed by atoms with van der Waals surface area (Å²) in [6.07, 6.45) is 1.94. The molecule has 0 heterocycles. The predicted octanol–water partition coefficient (Wildman–Crippen LogP) is 3.33. The highest BCUT2D eigenvalue weighted by Crippen LogP contribution is 2.30. The number of ether oxygens (including phenoxy) is 1. The van der Waals surface area contributed by atoms with E-state index in [0.717, 1.165) is 35.1 Å². The second kappa shape index (κ2) is 4.96. The number of carbonyl (C=O) groups is 1. The molecule has 0 saturated heterocycles. The fourth-order valence-corrected chi connectivity index (χ4v) is 1.62. The average Bonchev–Trinajstić information content (AvgIpc) is 2.27. The molecule has 1 rings (SSSR count). The highest BCUT2D eigenvalue weighted by Gasteiger charge is 2.12. The zero-order chi connectivity index (χ0) is 11.4. The maximum atomic E-state index is 10.8. The van der Waals surface area contributed by atoms with Crippen LogP contribution in [0.4, 0.5) is 0 Å². The van der Waals surface area contributed by atoms with E-state index in [1.54, 1.807) is 7.11 Å². The quantitative estimate of drug-likeness (QED) is 0.706. The van der Waals surface area contributed by atoms with Gasteiger partial charge in [-0.15, -0.1) is 0 Å². The molecule has 2 heteroatoms. The molecule has 0 aliphatic rings. The molecule has 1 atom stereocenters. The van der Waals surface area contributed by atoms with E-state index in [0.29, 0.717) is 5.92 Å². The number of hydrogen-bond acceptors (Lipinski definition) is 2. The second-order valence-electron chi connectivity index (χ2n) is 3.88. The molecule has 2 nitrogen and oxygen atoms in total. The fourth-order valence-electron chi connectivity index (χ4n) is 1.62. The molecule has 1 unspecified atom stereocenters. The van der Waals surface area contributed by atoms with E-state index in [9.17, 15) is 4.79 Å². The van der Waals surface area contributed by atoms with E-state index < -0.39 is 0 Å². The maximum absolute atomic E-state index is 10.8. The first kappa shape index (κ1) is 11.8. The van der Waals surface area contributed by atoms with E-state index >= 15 is 0 Å². The van der Waals surface area contributed by atoms with Gasteiger partial charge in [0.2, 0.25) is 0 Å². The van der Waals surface area contributed by atoms with Crippen LogP contribution in [0.1, 0.15) is 47.7 Å². The fraction of sp³-hybridized carbons (Fsp3) is 0.462. The minimum absolute atomic E-state index is 0.416. The Kier molecular flexibility index (Phi) is 3.89. The van der Waals surface area contributed by atoms with Gasteiger partial charge in [-0.2, -0.15) is 0 Å². The topological polar surface area (TPSA) is 26.3 Å². The molecular formula is C13H18O2. The third kappa shape index (κ3) is 2.38. The molecule has 0 N–H and O–H groups in total. The van der Waals surface area contributed by atoms with Crippen molar-refractivity contribution in [2.75, 3.05) is 7.11 Å². The Hall–Kier alpha value is -1.31. The van der Waals surface area contributed by atoms with Crippen molar-refractivity contribution in [1.82, 2.24) is 0 Å². The standard InChI is InChI=1S/C13H18O2/c1-5-9(2)12-7-11(8-14)10(3)6-13(12)15-4/h6-9H,5H2,1-4H3. The van der Waals surface area contributed by atoms with Gasteiger partial charge < -0.3 is 4.74 Å². The van der Waals surface area contributed by atoms with Gasteiger partial charge in [0, 0.05) is 5.56 Å². The van der Waals surface area contributed by atoms with Gasteiger partial charge in [-0.05, 0) is 42.5 Å². The molecule has 0 aliphatic heterocycles. The Balaban J connectivity index is 3.28. The van der Waals surface area contributed by atoms with Crippen LogP contribution in [0.25, 0.3) is 0 Å². The van der Waals surface area contributed by atoms with Gasteiger partial charge in [0.15, 0.2) is 0 Å². The van der Waals surface area contributed by atoms with Gasteiger partial charge in [-0.25, -0.2) is 0 Å². The van der Waals surface area contributed by atoms with Crippen LogP contribution < -0.4 is 4.74 Å². The molecule has 0 fully saturated rings. The maximum Gasteiger partial charge on any atom is 0.150 e. The lowest BCUT2D eigenvalue weighted by Gasteiger charge is -2.15. The Morgan fingerprint density at radius 1 is 1.47 bits per heavy atom. The SMILES string of the molecule is CCC(C)c1cc(C=O)c(C)cc1OC. The van der Waals surface area contributed by atoms with E-state index in [1.807, 2.05) is 19.1 Å². The normalized spacial score (nSPS) is 12.3. The molecule has 0 aromatic heterocycles. The van der Waals surface area contributed by atoms with Crippen molar-refractivity contribution in [2.45, 2.75) is 33.1 Å². The van der Waals surface area contributed by atoms with Crippen molar-refractivity contribution < 1.29 is 9.53 Å². The number of hydrogen-bond donors (Lipinski definition) is 0. The third-order valence-corrected chi connectivity index (χ3v) is 2.89. The van der Waals surface area contributed by atoms with Gasteiger partial charge in [0.1, 0.15) is 12.0 Å². The second-order valence-corrected chi connectivity index (χ2v) is 3.88. The lowest BCUT2D eigenvalue weighted by atomic mass is 9.94. The van der Waals surface area contributed by atoms with Gasteiger partial charge in [-0.3, -0.25) is 4.79 Å². The van der Waals surface area contributed by atoms with Gasteiger partial charge in [0.25, 0.3) is 0 Å². The molecule has 0 radical (unpaired) electrons. The predicted molar refractivity (Wildman–Crippen MR) is 61.8 cm³/mol. The smallest absolute Gasteiger partial charge is 0.150 e. The number of aldehydes is 1. The molecule has 0 saturated carbocycles. The van der Waals surface area contributed by atoms with Crippen LogP contribution in [0, 0.1) is 6.92 Å². The molecule has 82 valence electrons. The van der Waals surface area contributed by atoms with Crippen molar-refractivity contribution >= 4 is 6.29 Å². The molecule has 0 bridgehead atoms. The first-order valence-corrected chi connectivity index (χ1v) is 5.27. The van der Waals surface area contributed by atoms with Crippen molar-refractivity contribution in [3.63, 3.8) is 0 Å². The molecule has 1 aromatic carbocycles. The van der Waals surface area contributed by atoms with E-state index in [2.05, 4.69) is 13.8 Å². The van der Waals surface area contributed by atoms with Crippen molar-refractivity contribution in [1.29, 1.82) is 0 Å². The Labute approximate surface area is 91.3 Å². The molecule has 0 amide bonds. The molecule has 0 spiro atoms. The summed E-state index contributed by atoms with van der Waals surface area (Å²) in [4.78, 5) is 10.8. The number of aryl methyl sites for hydroxylation is 1. The Morgan fingerprint density at radius 3 is 2.60 bits per heavy atom. The Morgan fingerprint density at radius 2 is 2.13 bits per heavy atom. The van der Waals surface area contributed by atoms with Crippen LogP contribution in [-0.4, -0.2) is 13.4 Å². The van der Waals surface area contributed by atoms with Gasteiger partial charge >= 0.3 is 0 Å². The lowest BCUT2D eigenvalue weighted by molar-refractivity contribution is 0.112. The van der Waals surface area contributed by atoms with Crippen molar-refractivity contribution in [2.24, 2.45) is 0 Å². The number of carbonyl (C=O) groups excluding carboxylic acids is 1. The Bertz CT molecular complexity index is 356. The number of rotatable bonds is 4. The minimum atomic E-state index is 0.416. The number of benzene rings is 1. The first-order chi connectivity index (χ1) is 7.13. The molecule has 15 heavy (non-hydrogen) atoms. The average molecular weight is 206 g/mol. The van der Waals surface area contributed by atoms with Crippen LogP contribution in [-0.2, 0) is 0 Å². The highest BCUT2D eigenvalue weighted by atomic mass is 16.5. The summed E-state index contributed by atoms with van der Waals surface area (Å²) in [5.41, 5.74) is 2.84. The number of methoxy groups -OCH3 is 1. The van der Waals surface area contributed by atoms with Gasteiger partial charge in [-0.1, -0.05) is 13.8 Å². The third-order valence-electron chi connectivity index (χ3n) is 2.89. The van der Waals surface area contributed by atoms with Crippen LogP contribution >= 0.6 is 0 Å². The summed E-state index contributed by atoms with van der Waals surface area (Å²) in [5, 5.41) is 0. The van der Waals surface area contributed by atoms with Crippen LogP contribution in [0.5, 0.6) is 5.75 Å². The van der Waals surface area contributed by atoms with Gasteiger partial charge in [0.05, 0.1) is 7.11 Å². The molecular weight excluding hydrogens is 188 g/mol. The van der Waals surface area contributed by atoms with Crippen LogP contribution in [0.3, 0.4) is 0 Å². The lowest BCUT2D eigenvalue weighted by Crippen LogP contribution is -2.00. The summed E-state index contributed by atoms with van der Waals surface area (Å²) in [7, 11) is 1.67. The highest BCUT2D eigenvalue weighted by molar-refractivity contribution is 5.78. The summed E-state index contributed by atoms with van der Waals surface area (Å²) in [6, 6.07) is 3.88. The molecule has 0 aliphatic carbocycles. The summed E-state index contributed by atoms with van der Waals surface area (Å²) >= 11 is 0. The zero-order valence-electron chi connectivity index (χ0n) is 9.83. The van der Waals surface area contributed by atoms with Crippen molar-refractivity contribution in [3.05, 3.63) is 28.8 Å². The largest absolute Gasteiger partial charge is 0.496 e. The monoisotopic (exact) mass is 206 g/mol. The summed E-state index contributed by atoms with van der Waals surface area (Å²) < 4.78 is 5.33. The zero-order valence-corrected chi connectivity index (χ0v) is 9.83. The van der Waals surface area contributed by atoms with E-state index in [4.69, 9.17) is 4.74 Å². The van der Waals surface area contributed by atoms with Crippen molar-refractivity contribution in [3.8, 4) is 5.75 Å².